The second-order valence-electron chi connectivity index (χ2n) is 6.41. The van der Waals surface area contributed by atoms with E-state index in [9.17, 15) is 4.79 Å². The number of nitrogens with zero attached hydrogens (tertiary/aromatic N) is 6. The minimum atomic E-state index is 0.0921. The van der Waals surface area contributed by atoms with Crippen molar-refractivity contribution in [2.75, 3.05) is 0 Å². The van der Waals surface area contributed by atoms with E-state index in [1.54, 1.807) is 17.2 Å². The zero-order chi connectivity index (χ0) is 18.1. The van der Waals surface area contributed by atoms with Crippen LogP contribution < -0.4 is 0 Å². The first-order valence-corrected chi connectivity index (χ1v) is 8.31. The SMILES string of the molecule is Cn1cc(CC(=O)Cc2cc3cc(-c4cncn4C)ccc3nn2)cn1. The fraction of sp³-hybridized carbons (Fsp3) is 0.211. The van der Waals surface area contributed by atoms with Gasteiger partial charge in [0.25, 0.3) is 0 Å². The molecule has 4 aromatic rings. The molecule has 0 saturated heterocycles. The number of ketones is 1. The molecular formula is C19H18N6O. The van der Waals surface area contributed by atoms with E-state index in [2.05, 4.69) is 26.3 Å². The number of rotatable bonds is 5. The van der Waals surface area contributed by atoms with Crippen LogP contribution in [0.5, 0.6) is 0 Å². The number of aromatic nitrogens is 6. The highest BCUT2D eigenvalue weighted by atomic mass is 16.1. The van der Waals surface area contributed by atoms with Crippen molar-refractivity contribution in [1.29, 1.82) is 0 Å². The number of carbonyl (C=O) groups is 1. The summed E-state index contributed by atoms with van der Waals surface area (Å²) in [5.41, 5.74) is 4.47. The predicted octanol–water partition coefficient (Wildman–Crippen LogP) is 2.12. The second kappa shape index (κ2) is 6.51. The molecule has 3 heterocycles. The molecule has 130 valence electrons. The van der Waals surface area contributed by atoms with Gasteiger partial charge in [0.2, 0.25) is 0 Å². The Balaban J connectivity index is 1.58. The van der Waals surface area contributed by atoms with E-state index in [-0.39, 0.29) is 12.2 Å². The van der Waals surface area contributed by atoms with E-state index < -0.39 is 0 Å². The van der Waals surface area contributed by atoms with Crippen LogP contribution in [-0.2, 0) is 31.7 Å². The van der Waals surface area contributed by atoms with Crippen molar-refractivity contribution < 1.29 is 4.79 Å². The van der Waals surface area contributed by atoms with Gasteiger partial charge in [-0.25, -0.2) is 4.98 Å². The number of Topliss-reactive ketones (excluding diaryl/α,β-unsaturated/α-hetero) is 1. The van der Waals surface area contributed by atoms with Crippen molar-refractivity contribution in [3.63, 3.8) is 0 Å². The molecular weight excluding hydrogens is 328 g/mol. The number of hydrogen-bond acceptors (Lipinski definition) is 5. The Morgan fingerprint density at radius 1 is 1.08 bits per heavy atom. The van der Waals surface area contributed by atoms with Gasteiger partial charge < -0.3 is 4.57 Å². The van der Waals surface area contributed by atoms with Crippen LogP contribution >= 0.6 is 0 Å². The predicted molar refractivity (Wildman–Crippen MR) is 97.4 cm³/mol. The molecule has 0 aliphatic heterocycles. The van der Waals surface area contributed by atoms with Crippen molar-refractivity contribution in [3.8, 4) is 11.3 Å². The minimum absolute atomic E-state index is 0.0921. The first-order chi connectivity index (χ1) is 12.6. The van der Waals surface area contributed by atoms with Gasteiger partial charge in [0.15, 0.2) is 0 Å². The van der Waals surface area contributed by atoms with Gasteiger partial charge >= 0.3 is 0 Å². The molecule has 4 rings (SSSR count). The molecule has 0 N–H and O–H groups in total. The average Bonchev–Trinajstić information content (AvgIpc) is 3.22. The van der Waals surface area contributed by atoms with Gasteiger partial charge in [-0.2, -0.15) is 15.3 Å². The number of aryl methyl sites for hydroxylation is 2. The maximum absolute atomic E-state index is 12.3. The highest BCUT2D eigenvalue weighted by Crippen LogP contribution is 2.23. The monoisotopic (exact) mass is 346 g/mol. The van der Waals surface area contributed by atoms with Gasteiger partial charge in [0.05, 0.1) is 42.0 Å². The molecule has 0 atom stereocenters. The topological polar surface area (TPSA) is 78.5 Å². The summed E-state index contributed by atoms with van der Waals surface area (Å²) in [7, 11) is 3.79. The third-order valence-electron chi connectivity index (χ3n) is 4.29. The number of carbonyl (C=O) groups excluding carboxylic acids is 1. The van der Waals surface area contributed by atoms with E-state index in [1.807, 2.05) is 49.3 Å². The standard InChI is InChI=1S/C19H18N6O/c1-24-12-20-10-19(24)14-3-4-18-15(6-14)7-16(22-23-18)8-17(26)5-13-9-21-25(2)11-13/h3-4,6-7,9-12H,5,8H2,1-2H3. The summed E-state index contributed by atoms with van der Waals surface area (Å²) >= 11 is 0. The molecule has 0 fully saturated rings. The lowest BCUT2D eigenvalue weighted by molar-refractivity contribution is -0.117. The van der Waals surface area contributed by atoms with Crippen LogP contribution in [0.4, 0.5) is 0 Å². The molecule has 3 aromatic heterocycles. The highest BCUT2D eigenvalue weighted by molar-refractivity contribution is 5.86. The van der Waals surface area contributed by atoms with E-state index in [0.717, 1.165) is 27.7 Å². The molecule has 0 amide bonds. The van der Waals surface area contributed by atoms with E-state index >= 15 is 0 Å². The van der Waals surface area contributed by atoms with Crippen molar-refractivity contribution in [2.45, 2.75) is 12.8 Å². The summed E-state index contributed by atoms with van der Waals surface area (Å²) in [4.78, 5) is 16.5. The van der Waals surface area contributed by atoms with E-state index in [1.165, 1.54) is 0 Å². The van der Waals surface area contributed by atoms with Crippen molar-refractivity contribution in [2.24, 2.45) is 14.1 Å². The van der Waals surface area contributed by atoms with Gasteiger partial charge in [-0.05, 0) is 23.8 Å². The second-order valence-corrected chi connectivity index (χ2v) is 6.41. The number of hydrogen-bond donors (Lipinski definition) is 0. The van der Waals surface area contributed by atoms with E-state index in [4.69, 9.17) is 0 Å². The van der Waals surface area contributed by atoms with Crippen LogP contribution in [0.2, 0.25) is 0 Å². The molecule has 0 aliphatic rings. The Labute approximate surface area is 150 Å². The largest absolute Gasteiger partial charge is 0.334 e. The maximum Gasteiger partial charge on any atom is 0.143 e. The molecule has 1 aromatic carbocycles. The Kier molecular flexibility index (Phi) is 4.04. The summed E-state index contributed by atoms with van der Waals surface area (Å²) < 4.78 is 3.66. The lowest BCUT2D eigenvalue weighted by Gasteiger charge is -2.05. The summed E-state index contributed by atoms with van der Waals surface area (Å²) in [6.07, 6.45) is 7.77. The highest BCUT2D eigenvalue weighted by Gasteiger charge is 2.10. The Morgan fingerprint density at radius 3 is 2.69 bits per heavy atom. The minimum Gasteiger partial charge on any atom is -0.334 e. The molecule has 0 radical (unpaired) electrons. The van der Waals surface area contributed by atoms with Crippen molar-refractivity contribution >= 4 is 16.7 Å². The number of imidazole rings is 1. The Hall–Kier alpha value is -3.35. The Morgan fingerprint density at radius 2 is 1.96 bits per heavy atom. The van der Waals surface area contributed by atoms with Crippen LogP contribution in [0, 0.1) is 0 Å². The Bertz CT molecular complexity index is 1090. The smallest absolute Gasteiger partial charge is 0.143 e. The quantitative estimate of drug-likeness (QED) is 0.553. The summed E-state index contributed by atoms with van der Waals surface area (Å²) in [6.45, 7) is 0. The molecule has 0 aliphatic carbocycles. The van der Waals surface area contributed by atoms with Crippen LogP contribution in [0.15, 0.2) is 49.2 Å². The van der Waals surface area contributed by atoms with Gasteiger partial charge in [-0.15, -0.1) is 0 Å². The molecule has 26 heavy (non-hydrogen) atoms. The first-order valence-electron chi connectivity index (χ1n) is 8.31. The van der Waals surface area contributed by atoms with Crippen molar-refractivity contribution in [1.82, 2.24) is 29.5 Å². The number of fused-ring (bicyclic) bond motifs is 1. The zero-order valence-electron chi connectivity index (χ0n) is 14.6. The third-order valence-corrected chi connectivity index (χ3v) is 4.29. The summed E-state index contributed by atoms with van der Waals surface area (Å²) in [5, 5.41) is 13.5. The lowest BCUT2D eigenvalue weighted by atomic mass is 10.1. The van der Waals surface area contributed by atoms with Crippen LogP contribution in [0.3, 0.4) is 0 Å². The zero-order valence-corrected chi connectivity index (χ0v) is 14.6. The average molecular weight is 346 g/mol. The number of benzene rings is 1. The lowest BCUT2D eigenvalue weighted by Crippen LogP contribution is -2.08. The van der Waals surface area contributed by atoms with E-state index in [0.29, 0.717) is 12.1 Å². The maximum atomic E-state index is 12.3. The molecule has 0 unspecified atom stereocenters. The third kappa shape index (κ3) is 3.23. The molecule has 7 heteroatoms. The summed E-state index contributed by atoms with van der Waals surface area (Å²) in [5.74, 6) is 0.0921. The van der Waals surface area contributed by atoms with Gasteiger partial charge in [-0.3, -0.25) is 9.48 Å². The van der Waals surface area contributed by atoms with Gasteiger partial charge in [0, 0.05) is 37.7 Å². The molecule has 7 nitrogen and oxygen atoms in total. The fourth-order valence-electron chi connectivity index (χ4n) is 3.02. The van der Waals surface area contributed by atoms with Crippen LogP contribution in [0.1, 0.15) is 11.3 Å². The van der Waals surface area contributed by atoms with Crippen molar-refractivity contribution in [3.05, 3.63) is 60.4 Å². The summed E-state index contributed by atoms with van der Waals surface area (Å²) in [6, 6.07) is 7.92. The molecule has 0 saturated carbocycles. The van der Waals surface area contributed by atoms with Gasteiger partial charge in [0.1, 0.15) is 5.78 Å². The normalized spacial score (nSPS) is 11.2. The molecule has 0 bridgehead atoms. The fourth-order valence-corrected chi connectivity index (χ4v) is 3.02. The first kappa shape index (κ1) is 16.1. The van der Waals surface area contributed by atoms with Crippen LogP contribution in [-0.4, -0.2) is 35.3 Å². The van der Waals surface area contributed by atoms with Crippen LogP contribution in [0.25, 0.3) is 22.2 Å². The van der Waals surface area contributed by atoms with Gasteiger partial charge in [-0.1, -0.05) is 6.07 Å². The molecule has 0 spiro atoms.